The standard InChI is InChI=1S/C18H22N4O2/c23-22(24)18-8-7-16(21-10-3-1-2-4-11-21)12-17(18)20-14-15-6-5-9-19-13-15/h5-9,12-13,20H,1-4,10-11,14H2. The highest BCUT2D eigenvalue weighted by Crippen LogP contribution is 2.31. The number of anilines is 2. The first-order chi connectivity index (χ1) is 11.7. The van der Waals surface area contributed by atoms with Crippen molar-refractivity contribution < 1.29 is 4.92 Å². The van der Waals surface area contributed by atoms with Crippen LogP contribution in [0.25, 0.3) is 0 Å². The lowest BCUT2D eigenvalue weighted by molar-refractivity contribution is -0.384. The first-order valence-electron chi connectivity index (χ1n) is 8.40. The van der Waals surface area contributed by atoms with Crippen molar-refractivity contribution in [3.05, 3.63) is 58.4 Å². The molecule has 6 nitrogen and oxygen atoms in total. The molecule has 0 atom stereocenters. The predicted octanol–water partition coefficient (Wildman–Crippen LogP) is 3.98. The van der Waals surface area contributed by atoms with Gasteiger partial charge in [0.05, 0.1) is 4.92 Å². The van der Waals surface area contributed by atoms with E-state index in [4.69, 9.17) is 0 Å². The van der Waals surface area contributed by atoms with Crippen molar-refractivity contribution in [1.82, 2.24) is 4.98 Å². The molecule has 126 valence electrons. The van der Waals surface area contributed by atoms with Crippen molar-refractivity contribution in [3.63, 3.8) is 0 Å². The molecule has 0 bridgehead atoms. The van der Waals surface area contributed by atoms with E-state index in [2.05, 4.69) is 15.2 Å². The monoisotopic (exact) mass is 326 g/mol. The van der Waals surface area contributed by atoms with Crippen molar-refractivity contribution in [3.8, 4) is 0 Å². The Hall–Kier alpha value is -2.63. The van der Waals surface area contributed by atoms with Crippen molar-refractivity contribution in [2.24, 2.45) is 0 Å². The summed E-state index contributed by atoms with van der Waals surface area (Å²) in [6.07, 6.45) is 8.35. The Morgan fingerprint density at radius 2 is 1.96 bits per heavy atom. The first kappa shape index (κ1) is 16.2. The summed E-state index contributed by atoms with van der Waals surface area (Å²) in [5.74, 6) is 0. The molecular formula is C18H22N4O2. The molecule has 1 aromatic carbocycles. The van der Waals surface area contributed by atoms with E-state index in [-0.39, 0.29) is 10.6 Å². The number of rotatable bonds is 5. The Labute approximate surface area is 141 Å². The normalized spacial score (nSPS) is 14.9. The molecule has 0 spiro atoms. The lowest BCUT2D eigenvalue weighted by atomic mass is 10.2. The van der Waals surface area contributed by atoms with Crippen LogP contribution >= 0.6 is 0 Å². The summed E-state index contributed by atoms with van der Waals surface area (Å²) >= 11 is 0. The molecule has 0 radical (unpaired) electrons. The summed E-state index contributed by atoms with van der Waals surface area (Å²) in [7, 11) is 0. The number of nitro groups is 1. The highest BCUT2D eigenvalue weighted by Gasteiger charge is 2.17. The topological polar surface area (TPSA) is 71.3 Å². The minimum Gasteiger partial charge on any atom is -0.375 e. The summed E-state index contributed by atoms with van der Waals surface area (Å²) in [5.41, 5.74) is 2.71. The smallest absolute Gasteiger partial charge is 0.292 e. The Morgan fingerprint density at radius 1 is 1.17 bits per heavy atom. The van der Waals surface area contributed by atoms with Crippen LogP contribution in [0.3, 0.4) is 0 Å². The molecule has 0 aliphatic carbocycles. The third-order valence-electron chi connectivity index (χ3n) is 4.35. The van der Waals surface area contributed by atoms with Gasteiger partial charge in [0.15, 0.2) is 0 Å². The second-order valence-corrected chi connectivity index (χ2v) is 6.07. The van der Waals surface area contributed by atoms with Crippen LogP contribution in [0.4, 0.5) is 17.1 Å². The number of nitrogens with one attached hydrogen (secondary N) is 1. The average Bonchev–Trinajstić information content (AvgIpc) is 2.90. The molecule has 1 fully saturated rings. The van der Waals surface area contributed by atoms with Gasteiger partial charge in [-0.2, -0.15) is 0 Å². The Kier molecular flexibility index (Phi) is 5.25. The van der Waals surface area contributed by atoms with Gasteiger partial charge >= 0.3 is 0 Å². The van der Waals surface area contributed by atoms with Gasteiger partial charge < -0.3 is 10.2 Å². The van der Waals surface area contributed by atoms with Crippen LogP contribution in [0.15, 0.2) is 42.7 Å². The van der Waals surface area contributed by atoms with Gasteiger partial charge in [-0.3, -0.25) is 15.1 Å². The lowest BCUT2D eigenvalue weighted by Crippen LogP contribution is -2.23. The van der Waals surface area contributed by atoms with Crippen molar-refractivity contribution >= 4 is 17.1 Å². The number of hydrogen-bond donors (Lipinski definition) is 1. The summed E-state index contributed by atoms with van der Waals surface area (Å²) in [4.78, 5) is 17.4. The van der Waals surface area contributed by atoms with Gasteiger partial charge in [-0.1, -0.05) is 18.9 Å². The van der Waals surface area contributed by atoms with E-state index < -0.39 is 0 Å². The van der Waals surface area contributed by atoms with Gasteiger partial charge in [0.25, 0.3) is 5.69 Å². The Balaban J connectivity index is 1.81. The zero-order chi connectivity index (χ0) is 16.8. The molecule has 3 rings (SSSR count). The molecule has 2 heterocycles. The van der Waals surface area contributed by atoms with Crippen molar-refractivity contribution in [2.75, 3.05) is 23.3 Å². The molecule has 24 heavy (non-hydrogen) atoms. The van der Waals surface area contributed by atoms with Gasteiger partial charge in [0, 0.05) is 43.8 Å². The SMILES string of the molecule is O=[N+]([O-])c1ccc(N2CCCCCC2)cc1NCc1cccnc1. The number of aromatic nitrogens is 1. The third kappa shape index (κ3) is 4.01. The quantitative estimate of drug-likeness (QED) is 0.664. The maximum atomic E-state index is 11.3. The fourth-order valence-electron chi connectivity index (χ4n) is 3.05. The van der Waals surface area contributed by atoms with E-state index in [0.29, 0.717) is 12.2 Å². The van der Waals surface area contributed by atoms with Crippen molar-refractivity contribution in [2.45, 2.75) is 32.2 Å². The average molecular weight is 326 g/mol. The van der Waals surface area contributed by atoms with E-state index in [0.717, 1.165) is 24.3 Å². The van der Waals surface area contributed by atoms with E-state index in [1.165, 1.54) is 25.7 Å². The molecule has 1 aliphatic rings. The first-order valence-corrected chi connectivity index (χ1v) is 8.40. The van der Waals surface area contributed by atoms with Gasteiger partial charge in [0.2, 0.25) is 0 Å². The fourth-order valence-corrected chi connectivity index (χ4v) is 3.05. The number of pyridine rings is 1. The van der Waals surface area contributed by atoms with Crippen molar-refractivity contribution in [1.29, 1.82) is 0 Å². The van der Waals surface area contributed by atoms with Gasteiger partial charge in [-0.25, -0.2) is 0 Å². The molecule has 0 amide bonds. The molecule has 1 saturated heterocycles. The van der Waals surface area contributed by atoms with E-state index in [1.807, 2.05) is 24.3 Å². The van der Waals surface area contributed by atoms with Crippen LogP contribution in [0.2, 0.25) is 0 Å². The predicted molar refractivity (Wildman–Crippen MR) is 95.3 cm³/mol. The molecule has 0 unspecified atom stereocenters. The van der Waals surface area contributed by atoms with E-state index in [9.17, 15) is 10.1 Å². The van der Waals surface area contributed by atoms with Crippen LogP contribution in [0.1, 0.15) is 31.2 Å². The molecule has 6 heteroatoms. The van der Waals surface area contributed by atoms with Gasteiger partial charge in [-0.05, 0) is 36.6 Å². The fraction of sp³-hybridized carbons (Fsp3) is 0.389. The lowest BCUT2D eigenvalue weighted by Gasteiger charge is -2.23. The minimum atomic E-state index is -0.336. The molecule has 1 aromatic heterocycles. The number of nitro benzene ring substituents is 1. The molecule has 1 N–H and O–H groups in total. The third-order valence-corrected chi connectivity index (χ3v) is 4.35. The Morgan fingerprint density at radius 3 is 2.62 bits per heavy atom. The molecule has 1 aliphatic heterocycles. The zero-order valence-electron chi connectivity index (χ0n) is 13.6. The van der Waals surface area contributed by atoms with Gasteiger partial charge in [-0.15, -0.1) is 0 Å². The van der Waals surface area contributed by atoms with Crippen LogP contribution in [-0.4, -0.2) is 23.0 Å². The highest BCUT2D eigenvalue weighted by atomic mass is 16.6. The summed E-state index contributed by atoms with van der Waals surface area (Å²) in [5, 5.41) is 14.5. The maximum absolute atomic E-state index is 11.3. The second kappa shape index (κ2) is 7.77. The molecule has 2 aromatic rings. The maximum Gasteiger partial charge on any atom is 0.292 e. The molecule has 0 saturated carbocycles. The second-order valence-electron chi connectivity index (χ2n) is 6.07. The zero-order valence-corrected chi connectivity index (χ0v) is 13.6. The minimum absolute atomic E-state index is 0.109. The van der Waals surface area contributed by atoms with E-state index in [1.54, 1.807) is 18.5 Å². The summed E-state index contributed by atoms with van der Waals surface area (Å²) < 4.78 is 0. The van der Waals surface area contributed by atoms with Gasteiger partial charge in [0.1, 0.15) is 5.69 Å². The largest absolute Gasteiger partial charge is 0.375 e. The number of hydrogen-bond acceptors (Lipinski definition) is 5. The van der Waals surface area contributed by atoms with Crippen LogP contribution in [0.5, 0.6) is 0 Å². The van der Waals surface area contributed by atoms with Crippen LogP contribution < -0.4 is 10.2 Å². The number of nitrogens with zero attached hydrogens (tertiary/aromatic N) is 3. The number of benzene rings is 1. The molecular weight excluding hydrogens is 304 g/mol. The summed E-state index contributed by atoms with van der Waals surface area (Å²) in [6.45, 7) is 2.54. The van der Waals surface area contributed by atoms with E-state index >= 15 is 0 Å². The van der Waals surface area contributed by atoms with Crippen LogP contribution in [0, 0.1) is 10.1 Å². The Bertz CT molecular complexity index is 683. The highest BCUT2D eigenvalue weighted by molar-refractivity contribution is 5.69. The van der Waals surface area contributed by atoms with Crippen LogP contribution in [-0.2, 0) is 6.54 Å². The summed E-state index contributed by atoms with van der Waals surface area (Å²) in [6, 6.07) is 9.17.